The zero-order valence-electron chi connectivity index (χ0n) is 9.75. The van der Waals surface area contributed by atoms with Gasteiger partial charge in [0.2, 0.25) is 0 Å². The van der Waals surface area contributed by atoms with Crippen molar-refractivity contribution in [1.29, 1.82) is 0 Å². The molecule has 0 aliphatic heterocycles. The topological polar surface area (TPSA) is 46.5 Å². The van der Waals surface area contributed by atoms with Crippen LogP contribution in [0, 0.1) is 0 Å². The minimum absolute atomic E-state index is 0.0769. The summed E-state index contributed by atoms with van der Waals surface area (Å²) in [6.07, 6.45) is -3.35. The first-order valence-electron chi connectivity index (χ1n) is 5.43. The lowest BCUT2D eigenvalue weighted by atomic mass is 10.1. The molecule has 0 aromatic heterocycles. The first-order valence-corrected chi connectivity index (χ1v) is 5.43. The van der Waals surface area contributed by atoms with Crippen molar-refractivity contribution in [2.24, 2.45) is 0 Å². The van der Waals surface area contributed by atoms with E-state index in [9.17, 15) is 18.0 Å². The molecule has 0 aliphatic rings. The Hall–Kier alpha value is -1.72. The average Bonchev–Trinajstić information content (AvgIpc) is 2.28. The summed E-state index contributed by atoms with van der Waals surface area (Å²) in [4.78, 5) is 11.5. The Bertz CT molecular complexity index is 427. The number of halogens is 3. The Morgan fingerprint density at radius 3 is 2.61 bits per heavy atom. The van der Waals surface area contributed by atoms with E-state index in [1.54, 1.807) is 0 Å². The molecule has 0 saturated carbocycles. The third kappa shape index (κ3) is 3.65. The number of rotatable bonds is 4. The van der Waals surface area contributed by atoms with Crippen LogP contribution in [0.1, 0.15) is 35.7 Å². The number of ether oxygens (including phenoxy) is 1. The zero-order valence-corrected chi connectivity index (χ0v) is 9.75. The van der Waals surface area contributed by atoms with Crippen LogP contribution in [0.2, 0.25) is 0 Å². The Morgan fingerprint density at radius 1 is 1.39 bits per heavy atom. The molecule has 1 rings (SSSR count). The number of alkyl halides is 3. The van der Waals surface area contributed by atoms with Gasteiger partial charge < -0.3 is 9.84 Å². The van der Waals surface area contributed by atoms with Gasteiger partial charge in [-0.05, 0) is 24.6 Å². The molecule has 3 nitrogen and oxygen atoms in total. The van der Waals surface area contributed by atoms with E-state index in [1.165, 1.54) is 0 Å². The van der Waals surface area contributed by atoms with Crippen LogP contribution in [0.5, 0.6) is 5.75 Å². The van der Waals surface area contributed by atoms with Gasteiger partial charge in [0.05, 0.1) is 17.7 Å². The van der Waals surface area contributed by atoms with E-state index in [2.05, 4.69) is 0 Å². The van der Waals surface area contributed by atoms with Crippen molar-refractivity contribution in [3.8, 4) is 5.75 Å². The third-order valence-electron chi connectivity index (χ3n) is 2.26. The van der Waals surface area contributed by atoms with Gasteiger partial charge in [-0.15, -0.1) is 0 Å². The predicted octanol–water partition coefficient (Wildman–Crippen LogP) is 3.37. The maximum atomic E-state index is 12.7. The average molecular weight is 262 g/mol. The summed E-state index contributed by atoms with van der Waals surface area (Å²) in [6, 6.07) is 2.44. The lowest BCUT2D eigenvalue weighted by Gasteiger charge is -2.12. The Morgan fingerprint density at radius 2 is 2.06 bits per heavy atom. The number of phenolic OH excluding ortho intramolecular Hbond substituents is 1. The molecule has 0 radical (unpaired) electrons. The molecule has 0 saturated heterocycles. The first-order chi connectivity index (χ1) is 8.36. The SMILES string of the molecule is CCCCOC(=O)c1ccc(O)cc1C(F)(F)F. The number of hydrogen-bond acceptors (Lipinski definition) is 3. The predicted molar refractivity (Wildman–Crippen MR) is 58.3 cm³/mol. The van der Waals surface area contributed by atoms with Gasteiger partial charge in [-0.25, -0.2) is 4.79 Å². The van der Waals surface area contributed by atoms with Gasteiger partial charge in [0.1, 0.15) is 5.75 Å². The van der Waals surface area contributed by atoms with Crippen LogP contribution in [-0.4, -0.2) is 17.7 Å². The molecule has 100 valence electrons. The lowest BCUT2D eigenvalue weighted by molar-refractivity contribution is -0.138. The fourth-order valence-corrected chi connectivity index (χ4v) is 1.33. The highest BCUT2D eigenvalue weighted by molar-refractivity contribution is 5.91. The van der Waals surface area contributed by atoms with Gasteiger partial charge in [-0.3, -0.25) is 0 Å². The number of phenols is 1. The maximum absolute atomic E-state index is 12.7. The molecular weight excluding hydrogens is 249 g/mol. The second-order valence-corrected chi connectivity index (χ2v) is 3.72. The van der Waals surface area contributed by atoms with E-state index in [0.29, 0.717) is 12.5 Å². The molecule has 0 aliphatic carbocycles. The molecule has 1 N–H and O–H groups in total. The number of benzene rings is 1. The fourth-order valence-electron chi connectivity index (χ4n) is 1.33. The van der Waals surface area contributed by atoms with Crippen molar-refractivity contribution in [3.05, 3.63) is 29.3 Å². The van der Waals surface area contributed by atoms with Crippen molar-refractivity contribution >= 4 is 5.97 Å². The van der Waals surface area contributed by atoms with E-state index in [1.807, 2.05) is 6.92 Å². The number of hydrogen-bond donors (Lipinski definition) is 1. The summed E-state index contributed by atoms with van der Waals surface area (Å²) < 4.78 is 42.7. The summed E-state index contributed by atoms with van der Waals surface area (Å²) in [6.45, 7) is 1.95. The third-order valence-corrected chi connectivity index (χ3v) is 2.26. The van der Waals surface area contributed by atoms with E-state index in [-0.39, 0.29) is 6.61 Å². The van der Waals surface area contributed by atoms with Crippen LogP contribution in [0.15, 0.2) is 18.2 Å². The van der Waals surface area contributed by atoms with E-state index in [4.69, 9.17) is 9.84 Å². The highest BCUT2D eigenvalue weighted by atomic mass is 19.4. The molecule has 0 unspecified atom stereocenters. The number of carbonyl (C=O) groups is 1. The Labute approximate surface area is 102 Å². The highest BCUT2D eigenvalue weighted by Gasteiger charge is 2.36. The summed E-state index contributed by atoms with van der Waals surface area (Å²) in [5.41, 5.74) is -1.78. The minimum Gasteiger partial charge on any atom is -0.508 e. The fraction of sp³-hybridized carbons (Fsp3) is 0.417. The van der Waals surface area contributed by atoms with Crippen molar-refractivity contribution < 1.29 is 27.8 Å². The van der Waals surface area contributed by atoms with Gasteiger partial charge in [0.15, 0.2) is 0 Å². The Kier molecular flexibility index (Phi) is 4.58. The molecule has 1 aromatic carbocycles. The number of aromatic hydroxyl groups is 1. The van der Waals surface area contributed by atoms with Crippen molar-refractivity contribution in [3.63, 3.8) is 0 Å². The van der Waals surface area contributed by atoms with Crippen LogP contribution < -0.4 is 0 Å². The van der Waals surface area contributed by atoms with Crippen LogP contribution in [0.4, 0.5) is 13.2 Å². The van der Waals surface area contributed by atoms with Gasteiger partial charge in [0.25, 0.3) is 0 Å². The number of esters is 1. The molecule has 0 spiro atoms. The summed E-state index contributed by atoms with van der Waals surface area (Å²) in [5.74, 6) is -1.58. The second kappa shape index (κ2) is 5.75. The Balaban J connectivity index is 2.97. The molecule has 0 heterocycles. The van der Waals surface area contributed by atoms with Gasteiger partial charge in [-0.2, -0.15) is 13.2 Å². The second-order valence-electron chi connectivity index (χ2n) is 3.72. The van der Waals surface area contributed by atoms with Crippen LogP contribution in [-0.2, 0) is 10.9 Å². The summed E-state index contributed by atoms with van der Waals surface area (Å²) >= 11 is 0. The largest absolute Gasteiger partial charge is 0.508 e. The van der Waals surface area contributed by atoms with Crippen molar-refractivity contribution in [1.82, 2.24) is 0 Å². The highest BCUT2D eigenvalue weighted by Crippen LogP contribution is 2.34. The molecule has 6 heteroatoms. The number of unbranched alkanes of at least 4 members (excludes halogenated alkanes) is 1. The normalized spacial score (nSPS) is 11.3. The molecule has 18 heavy (non-hydrogen) atoms. The molecule has 0 amide bonds. The van der Waals surface area contributed by atoms with Gasteiger partial charge in [-0.1, -0.05) is 13.3 Å². The van der Waals surface area contributed by atoms with Gasteiger partial charge >= 0.3 is 12.1 Å². The molecule has 1 aromatic rings. The van der Waals surface area contributed by atoms with Crippen LogP contribution >= 0.6 is 0 Å². The summed E-state index contributed by atoms with van der Waals surface area (Å²) in [5, 5.41) is 9.04. The van der Waals surface area contributed by atoms with E-state index < -0.39 is 29.0 Å². The van der Waals surface area contributed by atoms with E-state index in [0.717, 1.165) is 18.6 Å². The zero-order chi connectivity index (χ0) is 13.8. The summed E-state index contributed by atoms with van der Waals surface area (Å²) in [7, 11) is 0. The first kappa shape index (κ1) is 14.3. The molecule has 0 bridgehead atoms. The quantitative estimate of drug-likeness (QED) is 0.668. The molecule has 0 fully saturated rings. The van der Waals surface area contributed by atoms with Crippen LogP contribution in [0.25, 0.3) is 0 Å². The monoisotopic (exact) mass is 262 g/mol. The van der Waals surface area contributed by atoms with Crippen molar-refractivity contribution in [2.75, 3.05) is 6.61 Å². The number of carbonyl (C=O) groups excluding carboxylic acids is 1. The smallest absolute Gasteiger partial charge is 0.417 e. The minimum atomic E-state index is -4.71. The van der Waals surface area contributed by atoms with Gasteiger partial charge in [0, 0.05) is 0 Å². The van der Waals surface area contributed by atoms with E-state index >= 15 is 0 Å². The molecular formula is C12H13F3O3. The van der Waals surface area contributed by atoms with Crippen LogP contribution in [0.3, 0.4) is 0 Å². The lowest BCUT2D eigenvalue weighted by Crippen LogP contribution is -2.15. The molecule has 0 atom stereocenters. The maximum Gasteiger partial charge on any atom is 0.417 e. The van der Waals surface area contributed by atoms with Crippen molar-refractivity contribution in [2.45, 2.75) is 25.9 Å². The standard InChI is InChI=1S/C12H13F3O3/c1-2-3-6-18-11(17)9-5-4-8(16)7-10(9)12(13,14)15/h4-5,7,16H,2-3,6H2,1H3.